The van der Waals surface area contributed by atoms with Crippen molar-refractivity contribution in [2.45, 2.75) is 18.9 Å². The molecule has 1 amide bonds. The lowest BCUT2D eigenvalue weighted by Crippen LogP contribution is -2.36. The summed E-state index contributed by atoms with van der Waals surface area (Å²) in [5.74, 6) is 0.0547. The topological polar surface area (TPSA) is 78.2 Å². The van der Waals surface area contributed by atoms with Crippen LogP contribution in [0, 0.1) is 25.2 Å². The van der Waals surface area contributed by atoms with Gasteiger partial charge in [-0.25, -0.2) is 4.98 Å². The number of pyridine rings is 1. The predicted octanol–water partition coefficient (Wildman–Crippen LogP) is 4.29. The number of carbonyl (C=O) groups excluding carboxylic acids is 1. The van der Waals surface area contributed by atoms with Crippen LogP contribution in [0.4, 0.5) is 11.4 Å². The molecular formula is C24H24N4O2S. The van der Waals surface area contributed by atoms with Crippen molar-refractivity contribution >= 4 is 39.9 Å². The largest absolute Gasteiger partial charge is 0.378 e. The van der Waals surface area contributed by atoms with Crippen molar-refractivity contribution in [2.75, 3.05) is 42.3 Å². The number of anilines is 2. The molecule has 2 aromatic carbocycles. The Morgan fingerprint density at radius 1 is 1.19 bits per heavy atom. The van der Waals surface area contributed by atoms with Crippen molar-refractivity contribution in [1.29, 1.82) is 5.26 Å². The maximum atomic E-state index is 12.5. The zero-order valence-corrected chi connectivity index (χ0v) is 18.5. The summed E-state index contributed by atoms with van der Waals surface area (Å²) < 4.78 is 5.39. The summed E-state index contributed by atoms with van der Waals surface area (Å²) in [6, 6.07) is 16.0. The fraction of sp³-hybridized carbons (Fsp3) is 0.292. The van der Waals surface area contributed by atoms with Gasteiger partial charge in [0, 0.05) is 29.9 Å². The van der Waals surface area contributed by atoms with Crippen molar-refractivity contribution in [1.82, 2.24) is 4.98 Å². The van der Waals surface area contributed by atoms with Gasteiger partial charge in [0.05, 0.1) is 30.0 Å². The highest BCUT2D eigenvalue weighted by atomic mass is 32.2. The van der Waals surface area contributed by atoms with Gasteiger partial charge >= 0.3 is 0 Å². The van der Waals surface area contributed by atoms with Crippen molar-refractivity contribution in [3.8, 4) is 6.07 Å². The second kappa shape index (κ2) is 9.38. The number of fused-ring (bicyclic) bond motifs is 1. The van der Waals surface area contributed by atoms with Crippen molar-refractivity contribution in [3.05, 3.63) is 59.2 Å². The summed E-state index contributed by atoms with van der Waals surface area (Å²) in [7, 11) is 0. The van der Waals surface area contributed by atoms with Crippen LogP contribution < -0.4 is 10.2 Å². The number of amides is 1. The lowest BCUT2D eigenvalue weighted by molar-refractivity contribution is -0.113. The molecule has 4 rings (SSSR count). The Labute approximate surface area is 186 Å². The Morgan fingerprint density at radius 2 is 1.94 bits per heavy atom. The first-order valence-corrected chi connectivity index (χ1v) is 11.2. The van der Waals surface area contributed by atoms with Gasteiger partial charge < -0.3 is 15.0 Å². The number of nitriles is 1. The first kappa shape index (κ1) is 21.2. The van der Waals surface area contributed by atoms with Crippen LogP contribution in [-0.2, 0) is 9.53 Å². The molecule has 1 aromatic heterocycles. The number of morpholine rings is 1. The highest BCUT2D eigenvalue weighted by molar-refractivity contribution is 8.00. The normalized spacial score (nSPS) is 13.8. The lowest BCUT2D eigenvalue weighted by Gasteiger charge is -2.28. The molecule has 1 aliphatic rings. The van der Waals surface area contributed by atoms with Crippen LogP contribution in [0.15, 0.2) is 47.5 Å². The number of nitrogens with one attached hydrogen (secondary N) is 1. The number of thioether (sulfide) groups is 1. The van der Waals surface area contributed by atoms with Crippen LogP contribution in [0.3, 0.4) is 0 Å². The van der Waals surface area contributed by atoms with Gasteiger partial charge in [0.2, 0.25) is 5.91 Å². The van der Waals surface area contributed by atoms with Crippen molar-refractivity contribution in [2.24, 2.45) is 0 Å². The molecule has 31 heavy (non-hydrogen) atoms. The van der Waals surface area contributed by atoms with Crippen molar-refractivity contribution in [3.63, 3.8) is 0 Å². The number of hydrogen-bond donors (Lipinski definition) is 1. The third kappa shape index (κ3) is 4.98. The Bertz CT molecular complexity index is 1150. The van der Waals surface area contributed by atoms with E-state index in [4.69, 9.17) is 4.74 Å². The van der Waals surface area contributed by atoms with Crippen LogP contribution in [0.2, 0.25) is 0 Å². The monoisotopic (exact) mass is 432 g/mol. The molecule has 3 aromatic rings. The molecule has 2 heterocycles. The smallest absolute Gasteiger partial charge is 0.234 e. The number of aryl methyl sites for hydroxylation is 2. The summed E-state index contributed by atoms with van der Waals surface area (Å²) in [6.45, 7) is 7.27. The minimum Gasteiger partial charge on any atom is -0.378 e. The quantitative estimate of drug-likeness (QED) is 0.606. The third-order valence-corrected chi connectivity index (χ3v) is 6.20. The lowest BCUT2D eigenvalue weighted by atomic mass is 10.1. The number of nitrogens with zero attached hydrogens (tertiary/aromatic N) is 3. The molecule has 1 N–H and O–H groups in total. The van der Waals surface area contributed by atoms with Gasteiger partial charge in [0.15, 0.2) is 0 Å². The Hall–Kier alpha value is -3.08. The highest BCUT2D eigenvalue weighted by Crippen LogP contribution is 2.27. The van der Waals surface area contributed by atoms with E-state index in [1.54, 1.807) is 0 Å². The molecule has 0 aliphatic carbocycles. The van der Waals surface area contributed by atoms with Gasteiger partial charge in [-0.3, -0.25) is 4.79 Å². The van der Waals surface area contributed by atoms with E-state index in [9.17, 15) is 10.1 Å². The van der Waals surface area contributed by atoms with Crippen molar-refractivity contribution < 1.29 is 9.53 Å². The molecule has 0 bridgehead atoms. The highest BCUT2D eigenvalue weighted by Gasteiger charge is 2.13. The van der Waals surface area contributed by atoms with E-state index in [0.717, 1.165) is 59.7 Å². The van der Waals surface area contributed by atoms with E-state index in [-0.39, 0.29) is 11.7 Å². The molecule has 0 atom stereocenters. The van der Waals surface area contributed by atoms with Gasteiger partial charge in [-0.15, -0.1) is 0 Å². The number of aromatic nitrogens is 1. The Morgan fingerprint density at radius 3 is 2.65 bits per heavy atom. The molecule has 0 radical (unpaired) electrons. The predicted molar refractivity (Wildman–Crippen MR) is 125 cm³/mol. The van der Waals surface area contributed by atoms with Gasteiger partial charge in [-0.1, -0.05) is 23.4 Å². The fourth-order valence-corrected chi connectivity index (χ4v) is 4.49. The summed E-state index contributed by atoms with van der Waals surface area (Å²) in [6.07, 6.45) is 0. The van der Waals surface area contributed by atoms with Crippen LogP contribution in [-0.4, -0.2) is 42.9 Å². The zero-order valence-electron chi connectivity index (χ0n) is 17.6. The van der Waals surface area contributed by atoms with E-state index >= 15 is 0 Å². The Kier molecular flexibility index (Phi) is 6.40. The van der Waals surface area contributed by atoms with Gasteiger partial charge in [-0.2, -0.15) is 5.26 Å². The van der Waals surface area contributed by atoms with Gasteiger partial charge in [0.1, 0.15) is 11.1 Å². The summed E-state index contributed by atoms with van der Waals surface area (Å²) >= 11 is 1.28. The second-order valence-electron chi connectivity index (χ2n) is 7.59. The van der Waals surface area contributed by atoms with Crippen LogP contribution in [0.25, 0.3) is 10.9 Å². The molecule has 0 saturated carbocycles. The van der Waals surface area contributed by atoms with E-state index in [1.807, 2.05) is 50.2 Å². The minimum atomic E-state index is -0.129. The summed E-state index contributed by atoms with van der Waals surface area (Å²) in [5.41, 5.74) is 5.43. The molecule has 1 saturated heterocycles. The van der Waals surface area contributed by atoms with Crippen LogP contribution in [0.5, 0.6) is 0 Å². The zero-order chi connectivity index (χ0) is 21.8. The number of hydrogen-bond acceptors (Lipinski definition) is 6. The number of ether oxygens (including phenoxy) is 1. The SMILES string of the molecule is Cc1cc(C)c2nc(SCC(=O)Nc3ccc(N4CCOCC4)cc3)c(C#N)cc2c1. The van der Waals surface area contributed by atoms with Crippen LogP contribution in [0.1, 0.15) is 16.7 Å². The van der Waals surface area contributed by atoms with Gasteiger partial charge in [0.25, 0.3) is 0 Å². The molecule has 1 aliphatic heterocycles. The molecule has 158 valence electrons. The number of carbonyl (C=O) groups is 1. The molecule has 6 nitrogen and oxygen atoms in total. The Balaban J connectivity index is 1.41. The first-order chi connectivity index (χ1) is 15.0. The van der Waals surface area contributed by atoms with E-state index in [0.29, 0.717) is 10.6 Å². The third-order valence-electron chi connectivity index (χ3n) is 5.21. The average molecular weight is 433 g/mol. The number of rotatable bonds is 5. The molecular weight excluding hydrogens is 408 g/mol. The van der Waals surface area contributed by atoms with E-state index in [2.05, 4.69) is 27.3 Å². The molecule has 0 spiro atoms. The maximum absolute atomic E-state index is 12.5. The maximum Gasteiger partial charge on any atom is 0.234 e. The fourth-order valence-electron chi connectivity index (χ4n) is 3.73. The summed E-state index contributed by atoms with van der Waals surface area (Å²) in [5, 5.41) is 14.0. The van der Waals surface area contributed by atoms with E-state index in [1.165, 1.54) is 11.8 Å². The molecule has 0 unspecified atom stereocenters. The second-order valence-corrected chi connectivity index (χ2v) is 8.55. The molecule has 1 fully saturated rings. The minimum absolute atomic E-state index is 0.129. The standard InChI is InChI=1S/C24H24N4O2S/c1-16-11-17(2)23-18(12-16)13-19(14-25)24(27-23)31-15-22(29)26-20-3-5-21(6-4-20)28-7-9-30-10-8-28/h3-6,11-13H,7-10,15H2,1-2H3,(H,26,29). The first-order valence-electron chi connectivity index (χ1n) is 10.2. The average Bonchev–Trinajstić information content (AvgIpc) is 2.78. The van der Waals surface area contributed by atoms with E-state index < -0.39 is 0 Å². The van der Waals surface area contributed by atoms with Gasteiger partial charge in [-0.05, 0) is 55.8 Å². The number of benzene rings is 2. The van der Waals surface area contributed by atoms with Crippen LogP contribution >= 0.6 is 11.8 Å². The molecule has 7 heteroatoms. The summed E-state index contributed by atoms with van der Waals surface area (Å²) in [4.78, 5) is 19.4.